The van der Waals surface area contributed by atoms with E-state index in [1.807, 2.05) is 0 Å². The molecule has 0 saturated carbocycles. The number of aromatic nitrogens is 1. The molecular formula is C17H16F3N3O3. The first kappa shape index (κ1) is 19.2. The molecule has 0 atom stereocenters. The van der Waals surface area contributed by atoms with Crippen molar-refractivity contribution in [2.75, 3.05) is 11.9 Å². The third-order valence-electron chi connectivity index (χ3n) is 3.43. The summed E-state index contributed by atoms with van der Waals surface area (Å²) >= 11 is 0. The van der Waals surface area contributed by atoms with Gasteiger partial charge in [-0.25, -0.2) is 0 Å². The smallest absolute Gasteiger partial charge is 0.347 e. The fourth-order valence-electron chi connectivity index (χ4n) is 2.12. The molecule has 1 aromatic heterocycles. The topological polar surface area (TPSA) is 80.2 Å². The highest BCUT2D eigenvalue weighted by molar-refractivity contribution is 6.04. The molecule has 2 amide bonds. The van der Waals surface area contributed by atoms with Gasteiger partial charge in [0, 0.05) is 18.9 Å². The van der Waals surface area contributed by atoms with Crippen LogP contribution in [0.4, 0.5) is 18.9 Å². The van der Waals surface area contributed by atoms with Crippen LogP contribution in [0.25, 0.3) is 0 Å². The van der Waals surface area contributed by atoms with Gasteiger partial charge in [0.1, 0.15) is 12.1 Å². The standard InChI is InChI=1S/C17H16F3N3O3/c1-23-8-2-3-13(16(23)26)15(25)22-12-6-4-11(5-7-12)9-14(24)21-10-17(18,19)20/h2-8H,9-10H2,1H3,(H,21,24)(H,22,25). The number of nitrogens with zero attached hydrogens (tertiary/aromatic N) is 1. The van der Waals surface area contributed by atoms with Gasteiger partial charge < -0.3 is 15.2 Å². The number of hydrogen-bond acceptors (Lipinski definition) is 3. The lowest BCUT2D eigenvalue weighted by molar-refractivity contribution is -0.138. The van der Waals surface area contributed by atoms with Gasteiger partial charge in [0.15, 0.2) is 0 Å². The number of halogens is 3. The van der Waals surface area contributed by atoms with Crippen molar-refractivity contribution in [1.29, 1.82) is 0 Å². The van der Waals surface area contributed by atoms with Gasteiger partial charge in [-0.1, -0.05) is 12.1 Å². The van der Waals surface area contributed by atoms with Gasteiger partial charge in [-0.05, 0) is 29.8 Å². The normalized spacial score (nSPS) is 11.1. The molecule has 0 aliphatic carbocycles. The highest BCUT2D eigenvalue weighted by atomic mass is 19.4. The maximum Gasteiger partial charge on any atom is 0.405 e. The zero-order valence-electron chi connectivity index (χ0n) is 13.8. The third-order valence-corrected chi connectivity index (χ3v) is 3.43. The number of rotatable bonds is 5. The van der Waals surface area contributed by atoms with E-state index in [1.54, 1.807) is 11.4 Å². The van der Waals surface area contributed by atoms with E-state index in [9.17, 15) is 27.6 Å². The maximum absolute atomic E-state index is 12.1. The molecule has 6 nitrogen and oxygen atoms in total. The first-order valence-corrected chi connectivity index (χ1v) is 7.55. The molecule has 0 spiro atoms. The molecular weight excluding hydrogens is 351 g/mol. The number of amides is 2. The molecule has 0 aliphatic heterocycles. The van der Waals surface area contributed by atoms with Crippen LogP contribution in [-0.2, 0) is 18.3 Å². The summed E-state index contributed by atoms with van der Waals surface area (Å²) in [6.07, 6.45) is -3.15. The predicted octanol–water partition coefficient (Wildman–Crippen LogP) is 1.86. The number of benzene rings is 1. The Hall–Kier alpha value is -3.10. The number of hydrogen-bond donors (Lipinski definition) is 2. The molecule has 0 fully saturated rings. The van der Waals surface area contributed by atoms with Crippen LogP contribution >= 0.6 is 0 Å². The minimum atomic E-state index is -4.46. The second-order valence-electron chi connectivity index (χ2n) is 5.56. The number of carbonyl (C=O) groups excluding carboxylic acids is 2. The quantitative estimate of drug-likeness (QED) is 0.847. The highest BCUT2D eigenvalue weighted by Crippen LogP contribution is 2.13. The third kappa shape index (κ3) is 5.47. The van der Waals surface area contributed by atoms with Crippen LogP contribution in [0.3, 0.4) is 0 Å². The van der Waals surface area contributed by atoms with Gasteiger partial charge in [-0.3, -0.25) is 14.4 Å². The number of alkyl halides is 3. The van der Waals surface area contributed by atoms with E-state index in [1.165, 1.54) is 48.1 Å². The molecule has 0 bridgehead atoms. The first-order chi connectivity index (χ1) is 12.2. The number of carbonyl (C=O) groups is 2. The monoisotopic (exact) mass is 367 g/mol. The molecule has 2 N–H and O–H groups in total. The highest BCUT2D eigenvalue weighted by Gasteiger charge is 2.27. The predicted molar refractivity (Wildman–Crippen MR) is 88.8 cm³/mol. The molecule has 0 unspecified atom stereocenters. The van der Waals surface area contributed by atoms with Gasteiger partial charge in [0.2, 0.25) is 5.91 Å². The van der Waals surface area contributed by atoms with Crippen molar-refractivity contribution >= 4 is 17.5 Å². The fourth-order valence-corrected chi connectivity index (χ4v) is 2.12. The van der Waals surface area contributed by atoms with Gasteiger partial charge in [-0.15, -0.1) is 0 Å². The molecule has 0 aliphatic rings. The van der Waals surface area contributed by atoms with Crippen LogP contribution in [0, 0.1) is 0 Å². The van der Waals surface area contributed by atoms with Crippen molar-refractivity contribution in [3.05, 3.63) is 64.1 Å². The van der Waals surface area contributed by atoms with Crippen LogP contribution in [0.5, 0.6) is 0 Å². The van der Waals surface area contributed by atoms with E-state index in [2.05, 4.69) is 5.32 Å². The van der Waals surface area contributed by atoms with Crippen molar-refractivity contribution in [2.24, 2.45) is 7.05 Å². The van der Waals surface area contributed by atoms with E-state index in [0.717, 1.165) is 0 Å². The van der Waals surface area contributed by atoms with Crippen molar-refractivity contribution in [3.8, 4) is 0 Å². The molecule has 138 valence electrons. The summed E-state index contributed by atoms with van der Waals surface area (Å²) < 4.78 is 37.4. The lowest BCUT2D eigenvalue weighted by atomic mass is 10.1. The fraction of sp³-hybridized carbons (Fsp3) is 0.235. The summed E-state index contributed by atoms with van der Waals surface area (Å²) in [5.74, 6) is -1.34. The molecule has 1 aromatic carbocycles. The van der Waals surface area contributed by atoms with Crippen LogP contribution in [-0.4, -0.2) is 29.1 Å². The van der Waals surface area contributed by atoms with Gasteiger partial charge in [0.25, 0.3) is 11.5 Å². The Morgan fingerprint density at radius 1 is 1.12 bits per heavy atom. The molecule has 1 heterocycles. The summed E-state index contributed by atoms with van der Waals surface area (Å²) in [6.45, 7) is -1.38. The summed E-state index contributed by atoms with van der Waals surface area (Å²) in [5, 5.41) is 4.33. The van der Waals surface area contributed by atoms with Gasteiger partial charge in [-0.2, -0.15) is 13.2 Å². The Bertz CT molecular complexity index is 858. The van der Waals surface area contributed by atoms with E-state index in [4.69, 9.17) is 0 Å². The van der Waals surface area contributed by atoms with Crippen molar-refractivity contribution < 1.29 is 22.8 Å². The van der Waals surface area contributed by atoms with E-state index >= 15 is 0 Å². The summed E-state index contributed by atoms with van der Waals surface area (Å²) in [6, 6.07) is 8.98. The average molecular weight is 367 g/mol. The Morgan fingerprint density at radius 3 is 2.38 bits per heavy atom. The minimum absolute atomic E-state index is 0.0226. The summed E-state index contributed by atoms with van der Waals surface area (Å²) in [7, 11) is 1.53. The lowest BCUT2D eigenvalue weighted by Crippen LogP contribution is -2.34. The number of pyridine rings is 1. The van der Waals surface area contributed by atoms with E-state index in [0.29, 0.717) is 11.3 Å². The number of anilines is 1. The summed E-state index contributed by atoms with van der Waals surface area (Å²) in [5.41, 5.74) is 0.409. The van der Waals surface area contributed by atoms with Crippen LogP contribution in [0.1, 0.15) is 15.9 Å². The lowest BCUT2D eigenvalue weighted by Gasteiger charge is -2.09. The number of nitrogens with one attached hydrogen (secondary N) is 2. The summed E-state index contributed by atoms with van der Waals surface area (Å²) in [4.78, 5) is 35.5. The molecule has 0 saturated heterocycles. The first-order valence-electron chi connectivity index (χ1n) is 7.55. The molecule has 26 heavy (non-hydrogen) atoms. The second kappa shape index (κ2) is 7.85. The van der Waals surface area contributed by atoms with E-state index in [-0.39, 0.29) is 12.0 Å². The van der Waals surface area contributed by atoms with Crippen molar-refractivity contribution in [3.63, 3.8) is 0 Å². The zero-order chi connectivity index (χ0) is 19.3. The largest absolute Gasteiger partial charge is 0.405 e. The van der Waals surface area contributed by atoms with Gasteiger partial charge >= 0.3 is 6.18 Å². The second-order valence-corrected chi connectivity index (χ2v) is 5.56. The Balaban J connectivity index is 1.97. The molecule has 9 heteroatoms. The Labute approximate surface area is 146 Å². The van der Waals surface area contributed by atoms with E-state index < -0.39 is 30.1 Å². The van der Waals surface area contributed by atoms with Crippen LogP contribution < -0.4 is 16.2 Å². The van der Waals surface area contributed by atoms with Crippen molar-refractivity contribution in [2.45, 2.75) is 12.6 Å². The Morgan fingerprint density at radius 2 is 1.77 bits per heavy atom. The molecule has 2 rings (SSSR count). The zero-order valence-corrected chi connectivity index (χ0v) is 13.8. The minimum Gasteiger partial charge on any atom is -0.347 e. The SMILES string of the molecule is Cn1cccc(C(=O)Nc2ccc(CC(=O)NCC(F)(F)F)cc2)c1=O. The Kier molecular flexibility index (Phi) is 5.81. The molecule has 0 radical (unpaired) electrons. The van der Waals surface area contributed by atoms with Crippen molar-refractivity contribution in [1.82, 2.24) is 9.88 Å². The van der Waals surface area contributed by atoms with Crippen LogP contribution in [0.2, 0.25) is 0 Å². The molecule has 2 aromatic rings. The van der Waals surface area contributed by atoms with Crippen LogP contribution in [0.15, 0.2) is 47.4 Å². The number of aryl methyl sites for hydroxylation is 1. The average Bonchev–Trinajstić information content (AvgIpc) is 2.56. The maximum atomic E-state index is 12.1. The van der Waals surface area contributed by atoms with Gasteiger partial charge in [0.05, 0.1) is 6.42 Å².